The van der Waals surface area contributed by atoms with Gasteiger partial charge in [-0.1, -0.05) is 24.8 Å². The van der Waals surface area contributed by atoms with E-state index >= 15 is 0 Å². The molecular weight excluding hydrogens is 555 g/mol. The Morgan fingerprint density at radius 1 is 0.977 bits per heavy atom. The summed E-state index contributed by atoms with van der Waals surface area (Å²) >= 11 is 0. The first-order chi connectivity index (χ1) is 20.7. The van der Waals surface area contributed by atoms with Crippen LogP contribution in [-0.4, -0.2) is 70.4 Å². The minimum Gasteiger partial charge on any atom is -0.371 e. The van der Waals surface area contributed by atoms with Crippen LogP contribution in [0.4, 0.5) is 24.7 Å². The largest absolute Gasteiger partial charge is 0.416 e. The van der Waals surface area contributed by atoms with Crippen molar-refractivity contribution in [1.82, 2.24) is 24.8 Å². The molecule has 0 atom stereocenters. The van der Waals surface area contributed by atoms with Crippen molar-refractivity contribution in [2.45, 2.75) is 26.6 Å². The normalized spacial score (nSPS) is 14.3. The molecule has 1 aliphatic heterocycles. The van der Waals surface area contributed by atoms with Crippen LogP contribution >= 0.6 is 0 Å². The molecule has 11 heteroatoms. The summed E-state index contributed by atoms with van der Waals surface area (Å²) in [6.07, 6.45) is 0.149. The molecule has 4 heterocycles. The minimum absolute atomic E-state index is 0.0553. The molecule has 0 radical (unpaired) electrons. The number of halogens is 3. The van der Waals surface area contributed by atoms with Gasteiger partial charge in [-0.2, -0.15) is 13.2 Å². The monoisotopic (exact) mass is 587 g/mol. The summed E-state index contributed by atoms with van der Waals surface area (Å²) in [4.78, 5) is 30.5. The maximum Gasteiger partial charge on any atom is 0.416 e. The first kappa shape index (κ1) is 29.9. The van der Waals surface area contributed by atoms with Crippen LogP contribution in [0.3, 0.4) is 0 Å². The number of aromatic nitrogens is 3. The van der Waals surface area contributed by atoms with E-state index in [0.717, 1.165) is 31.1 Å². The molecule has 43 heavy (non-hydrogen) atoms. The van der Waals surface area contributed by atoms with Gasteiger partial charge in [0, 0.05) is 75.0 Å². The molecule has 1 aliphatic rings. The summed E-state index contributed by atoms with van der Waals surface area (Å²) in [7, 11) is 1.77. The van der Waals surface area contributed by atoms with Crippen LogP contribution in [0.15, 0.2) is 55.0 Å². The van der Waals surface area contributed by atoms with E-state index in [1.807, 2.05) is 17.0 Å². The fourth-order valence-corrected chi connectivity index (χ4v) is 5.04. The molecule has 8 nitrogen and oxygen atoms in total. The highest BCUT2D eigenvalue weighted by Gasteiger charge is 2.34. The number of rotatable bonds is 6. The molecule has 1 saturated heterocycles. The number of likely N-dealkylation sites (N-methyl/N-ethyl adjacent to an activating group) is 1. The van der Waals surface area contributed by atoms with Gasteiger partial charge in [0.1, 0.15) is 5.52 Å². The van der Waals surface area contributed by atoms with Crippen LogP contribution in [0.2, 0.25) is 0 Å². The molecule has 4 aromatic rings. The summed E-state index contributed by atoms with van der Waals surface area (Å²) in [5, 5.41) is 6.43. The molecule has 2 N–H and O–H groups in total. The molecule has 0 spiro atoms. The van der Waals surface area contributed by atoms with Gasteiger partial charge in [0.2, 0.25) is 0 Å². The fraction of sp³-hybridized carbons (Fsp3) is 0.312. The molecule has 3 aromatic heterocycles. The van der Waals surface area contributed by atoms with Gasteiger partial charge < -0.3 is 15.5 Å². The number of alkyl halides is 3. The number of anilines is 2. The second-order valence-electron chi connectivity index (χ2n) is 10.3. The van der Waals surface area contributed by atoms with Crippen molar-refractivity contribution in [3.8, 4) is 11.8 Å². The number of carbonyl (C=O) groups excluding carboxylic acids is 1. The van der Waals surface area contributed by atoms with Crippen molar-refractivity contribution < 1.29 is 18.0 Å². The summed E-state index contributed by atoms with van der Waals surface area (Å²) in [5.74, 6) is 6.21. The Balaban J connectivity index is 1.36. The van der Waals surface area contributed by atoms with Gasteiger partial charge in [0.15, 0.2) is 5.82 Å². The molecule has 1 aromatic carbocycles. The third kappa shape index (κ3) is 6.93. The Morgan fingerprint density at radius 3 is 2.44 bits per heavy atom. The van der Waals surface area contributed by atoms with E-state index in [9.17, 15) is 18.0 Å². The molecule has 0 saturated carbocycles. The first-order valence-corrected chi connectivity index (χ1v) is 14.0. The summed E-state index contributed by atoms with van der Waals surface area (Å²) in [5.41, 5.74) is 2.12. The van der Waals surface area contributed by atoms with E-state index < -0.39 is 17.6 Å². The van der Waals surface area contributed by atoms with Crippen LogP contribution in [0, 0.1) is 18.8 Å². The Morgan fingerprint density at radius 2 is 1.72 bits per heavy atom. The highest BCUT2D eigenvalue weighted by molar-refractivity contribution is 6.04. The van der Waals surface area contributed by atoms with E-state index in [-0.39, 0.29) is 23.4 Å². The number of nitrogens with one attached hydrogen (secondary N) is 2. The zero-order valence-electron chi connectivity index (χ0n) is 24.2. The van der Waals surface area contributed by atoms with Crippen molar-refractivity contribution in [3.05, 3.63) is 88.5 Å². The Kier molecular flexibility index (Phi) is 8.89. The van der Waals surface area contributed by atoms with Crippen molar-refractivity contribution >= 4 is 28.3 Å². The Hall–Kier alpha value is -4.53. The number of fused-ring (bicyclic) bond motifs is 1. The lowest BCUT2D eigenvalue weighted by Crippen LogP contribution is -2.45. The highest BCUT2D eigenvalue weighted by Crippen LogP contribution is 2.35. The van der Waals surface area contributed by atoms with Crippen molar-refractivity contribution in [1.29, 1.82) is 0 Å². The van der Waals surface area contributed by atoms with E-state index in [2.05, 4.69) is 49.3 Å². The molecule has 0 bridgehead atoms. The van der Waals surface area contributed by atoms with E-state index in [1.165, 1.54) is 18.3 Å². The number of hydrogen-bond donors (Lipinski definition) is 2. The van der Waals surface area contributed by atoms with E-state index in [4.69, 9.17) is 0 Å². The van der Waals surface area contributed by atoms with Crippen LogP contribution < -0.4 is 10.6 Å². The SMILES string of the molecule is CCN1CCN(Cc2ccc(NC(=O)c3cnc(C)c(C#Cc4cnc(NC)c5ncccc45)c3)cc2C(F)(F)F)CC1. The van der Waals surface area contributed by atoms with Crippen molar-refractivity contribution in [3.63, 3.8) is 0 Å². The van der Waals surface area contributed by atoms with Gasteiger partial charge in [-0.15, -0.1) is 0 Å². The maximum atomic E-state index is 14.0. The number of piperazine rings is 1. The number of hydrogen-bond acceptors (Lipinski definition) is 7. The van der Waals surface area contributed by atoms with Crippen LogP contribution in [-0.2, 0) is 12.7 Å². The molecule has 0 aliphatic carbocycles. The molecule has 1 fully saturated rings. The minimum atomic E-state index is -4.56. The molecule has 222 valence electrons. The highest BCUT2D eigenvalue weighted by atomic mass is 19.4. The van der Waals surface area contributed by atoms with Crippen LogP contribution in [0.25, 0.3) is 10.9 Å². The zero-order chi connectivity index (χ0) is 30.6. The average molecular weight is 588 g/mol. The molecule has 0 unspecified atom stereocenters. The zero-order valence-corrected chi connectivity index (χ0v) is 24.2. The van der Waals surface area contributed by atoms with Gasteiger partial charge in [-0.05, 0) is 49.4 Å². The van der Waals surface area contributed by atoms with Gasteiger partial charge in [0.25, 0.3) is 5.91 Å². The second kappa shape index (κ2) is 12.8. The summed E-state index contributed by atoms with van der Waals surface area (Å²) in [6, 6.07) is 9.25. The maximum absolute atomic E-state index is 14.0. The fourth-order valence-electron chi connectivity index (χ4n) is 5.04. The quantitative estimate of drug-likeness (QED) is 0.301. The number of carbonyl (C=O) groups is 1. The topological polar surface area (TPSA) is 86.3 Å². The third-order valence-electron chi connectivity index (χ3n) is 7.54. The first-order valence-electron chi connectivity index (χ1n) is 14.0. The second-order valence-corrected chi connectivity index (χ2v) is 10.3. The summed E-state index contributed by atoms with van der Waals surface area (Å²) < 4.78 is 42.1. The number of pyridine rings is 3. The van der Waals surface area contributed by atoms with Gasteiger partial charge in [-0.3, -0.25) is 19.7 Å². The molecular formula is C32H32F3N7O. The standard InChI is InChI=1S/C32H32F3N7O/c1-4-41-12-14-42(15-13-41)20-24-9-10-26(17-28(24)32(33,34)35)40-31(43)25-16-22(21(2)38-19-25)7-8-23-18-39-30(36-3)29-27(23)6-5-11-37-29/h5-6,9-11,16-19H,4,12-15,20H2,1-3H3,(H,36,39)(H,40,43). The smallest absolute Gasteiger partial charge is 0.371 e. The lowest BCUT2D eigenvalue weighted by Gasteiger charge is -2.34. The number of benzene rings is 1. The van der Waals surface area contributed by atoms with Crippen LogP contribution in [0.1, 0.15) is 45.2 Å². The average Bonchev–Trinajstić information content (AvgIpc) is 3.01. The Bertz CT molecular complexity index is 1700. The van der Waals surface area contributed by atoms with Gasteiger partial charge >= 0.3 is 6.18 Å². The van der Waals surface area contributed by atoms with E-state index in [0.29, 0.717) is 41.2 Å². The lowest BCUT2D eigenvalue weighted by molar-refractivity contribution is -0.138. The Labute approximate surface area is 248 Å². The lowest BCUT2D eigenvalue weighted by atomic mass is 10.0. The molecule has 5 rings (SSSR count). The van der Waals surface area contributed by atoms with Crippen molar-refractivity contribution in [2.75, 3.05) is 50.4 Å². The number of aryl methyl sites for hydroxylation is 1. The van der Waals surface area contributed by atoms with Gasteiger partial charge in [0.05, 0.1) is 22.4 Å². The van der Waals surface area contributed by atoms with Crippen molar-refractivity contribution in [2.24, 2.45) is 0 Å². The van der Waals surface area contributed by atoms with Crippen LogP contribution in [0.5, 0.6) is 0 Å². The van der Waals surface area contributed by atoms with E-state index in [1.54, 1.807) is 32.4 Å². The predicted molar refractivity (Wildman–Crippen MR) is 161 cm³/mol. The predicted octanol–water partition coefficient (Wildman–Crippen LogP) is 5.18. The number of nitrogens with zero attached hydrogens (tertiary/aromatic N) is 5. The summed E-state index contributed by atoms with van der Waals surface area (Å²) in [6.45, 7) is 8.05. The van der Waals surface area contributed by atoms with Gasteiger partial charge in [-0.25, -0.2) is 4.98 Å². The third-order valence-corrected chi connectivity index (χ3v) is 7.54. The molecule has 1 amide bonds. The number of amides is 1.